The van der Waals surface area contributed by atoms with Crippen molar-refractivity contribution in [3.05, 3.63) is 83.9 Å². The third kappa shape index (κ3) is 2.78. The third-order valence-corrected chi connectivity index (χ3v) is 4.64. The lowest BCUT2D eigenvalue weighted by atomic mass is 9.92. The zero-order valence-electron chi connectivity index (χ0n) is 14.7. The summed E-state index contributed by atoms with van der Waals surface area (Å²) in [6, 6.07) is 23.4. The number of rotatable bonds is 3. The molecule has 0 saturated carbocycles. The van der Waals surface area contributed by atoms with Gasteiger partial charge in [-0.05, 0) is 54.8 Å². The van der Waals surface area contributed by atoms with Gasteiger partial charge in [0.25, 0.3) is 0 Å². The Kier molecular flexibility index (Phi) is 4.05. The predicted octanol–water partition coefficient (Wildman–Crippen LogP) is 6.00. The lowest BCUT2D eigenvalue weighted by Gasteiger charge is -2.09. The van der Waals surface area contributed by atoms with Gasteiger partial charge in [-0.25, -0.2) is 0 Å². The SMILES string of the molecule is Cc1ccccc1-c1noc(-c2ccc(O)cc2)c1-c1ccccc1C. The molecule has 0 saturated heterocycles. The van der Waals surface area contributed by atoms with E-state index >= 15 is 0 Å². The number of phenolic OH excluding ortho intramolecular Hbond substituents is 1. The van der Waals surface area contributed by atoms with Crippen LogP contribution in [0.1, 0.15) is 11.1 Å². The molecule has 0 aliphatic carbocycles. The van der Waals surface area contributed by atoms with Crippen LogP contribution in [0.3, 0.4) is 0 Å². The second-order valence-corrected chi connectivity index (χ2v) is 6.41. The molecule has 0 atom stereocenters. The van der Waals surface area contributed by atoms with Gasteiger partial charge in [-0.1, -0.05) is 53.7 Å². The number of phenols is 1. The normalized spacial score (nSPS) is 10.8. The van der Waals surface area contributed by atoms with Crippen LogP contribution in [-0.2, 0) is 0 Å². The molecule has 0 bridgehead atoms. The van der Waals surface area contributed by atoms with Gasteiger partial charge in [0.15, 0.2) is 5.76 Å². The average Bonchev–Trinajstić information content (AvgIpc) is 3.07. The maximum absolute atomic E-state index is 9.61. The summed E-state index contributed by atoms with van der Waals surface area (Å²) in [5, 5.41) is 14.0. The topological polar surface area (TPSA) is 46.3 Å². The summed E-state index contributed by atoms with van der Waals surface area (Å²) >= 11 is 0. The molecule has 1 N–H and O–H groups in total. The van der Waals surface area contributed by atoms with Gasteiger partial charge in [-0.3, -0.25) is 0 Å². The summed E-state index contributed by atoms with van der Waals surface area (Å²) in [6.45, 7) is 4.16. The van der Waals surface area contributed by atoms with Crippen LogP contribution in [0.15, 0.2) is 77.3 Å². The van der Waals surface area contributed by atoms with Gasteiger partial charge in [0.05, 0.1) is 5.56 Å². The van der Waals surface area contributed by atoms with Gasteiger partial charge < -0.3 is 9.63 Å². The summed E-state index contributed by atoms with van der Waals surface area (Å²) in [4.78, 5) is 0. The van der Waals surface area contributed by atoms with Gasteiger partial charge in [0.2, 0.25) is 0 Å². The Labute approximate surface area is 152 Å². The molecule has 0 aliphatic heterocycles. The minimum atomic E-state index is 0.227. The standard InChI is InChI=1S/C23H19NO2/c1-15-7-3-5-9-19(15)21-22(20-10-6-4-8-16(20)2)24-26-23(21)17-11-13-18(25)14-12-17/h3-14,25H,1-2H3. The molecule has 26 heavy (non-hydrogen) atoms. The zero-order valence-corrected chi connectivity index (χ0v) is 14.7. The molecule has 3 aromatic carbocycles. The van der Waals surface area contributed by atoms with Crippen LogP contribution in [0.4, 0.5) is 0 Å². The van der Waals surface area contributed by atoms with E-state index in [4.69, 9.17) is 4.52 Å². The lowest BCUT2D eigenvalue weighted by Crippen LogP contribution is -1.89. The minimum Gasteiger partial charge on any atom is -0.508 e. The molecule has 1 heterocycles. The molecule has 4 rings (SSSR count). The molecule has 3 heteroatoms. The molecular formula is C23H19NO2. The van der Waals surface area contributed by atoms with Crippen molar-refractivity contribution < 1.29 is 9.63 Å². The summed E-state index contributed by atoms with van der Waals surface area (Å²) in [5.41, 5.74) is 7.14. The number of aromatic hydroxyl groups is 1. The molecule has 128 valence electrons. The molecule has 0 radical (unpaired) electrons. The molecule has 3 nitrogen and oxygen atoms in total. The third-order valence-electron chi connectivity index (χ3n) is 4.64. The van der Waals surface area contributed by atoms with Crippen LogP contribution in [0.25, 0.3) is 33.7 Å². The van der Waals surface area contributed by atoms with E-state index in [-0.39, 0.29) is 5.75 Å². The van der Waals surface area contributed by atoms with E-state index in [1.165, 1.54) is 0 Å². The number of hydrogen-bond acceptors (Lipinski definition) is 3. The van der Waals surface area contributed by atoms with E-state index in [0.717, 1.165) is 39.1 Å². The largest absolute Gasteiger partial charge is 0.508 e. The van der Waals surface area contributed by atoms with E-state index < -0.39 is 0 Å². The fourth-order valence-electron chi connectivity index (χ4n) is 3.23. The number of nitrogens with zero attached hydrogens (tertiary/aromatic N) is 1. The Morgan fingerprint density at radius 1 is 0.731 bits per heavy atom. The van der Waals surface area contributed by atoms with Crippen molar-refractivity contribution in [3.63, 3.8) is 0 Å². The van der Waals surface area contributed by atoms with Crippen LogP contribution in [0.2, 0.25) is 0 Å². The second-order valence-electron chi connectivity index (χ2n) is 6.41. The van der Waals surface area contributed by atoms with Crippen molar-refractivity contribution in [2.24, 2.45) is 0 Å². The molecule has 1 aromatic heterocycles. The van der Waals surface area contributed by atoms with E-state index in [9.17, 15) is 5.11 Å². The highest BCUT2D eigenvalue weighted by Gasteiger charge is 2.22. The van der Waals surface area contributed by atoms with Gasteiger partial charge in [-0.15, -0.1) is 0 Å². The van der Waals surface area contributed by atoms with Crippen molar-refractivity contribution in [1.29, 1.82) is 0 Å². The molecule has 0 unspecified atom stereocenters. The Morgan fingerprint density at radius 2 is 1.31 bits per heavy atom. The quantitative estimate of drug-likeness (QED) is 0.497. The van der Waals surface area contributed by atoms with E-state index in [1.807, 2.05) is 36.4 Å². The van der Waals surface area contributed by atoms with Crippen LogP contribution in [0.5, 0.6) is 5.75 Å². The smallest absolute Gasteiger partial charge is 0.175 e. The monoisotopic (exact) mass is 341 g/mol. The molecule has 4 aromatic rings. The number of aryl methyl sites for hydroxylation is 2. The first-order chi connectivity index (χ1) is 12.6. The molecule has 0 amide bonds. The summed E-state index contributed by atoms with van der Waals surface area (Å²) < 4.78 is 5.81. The minimum absolute atomic E-state index is 0.227. The first kappa shape index (κ1) is 16.2. The van der Waals surface area contributed by atoms with Crippen LogP contribution < -0.4 is 0 Å². The first-order valence-corrected chi connectivity index (χ1v) is 8.56. The zero-order chi connectivity index (χ0) is 18.1. The fraction of sp³-hybridized carbons (Fsp3) is 0.0870. The Hall–Kier alpha value is -3.33. The maximum atomic E-state index is 9.61. The van der Waals surface area contributed by atoms with Crippen molar-refractivity contribution in [2.75, 3.05) is 0 Å². The Bertz CT molecular complexity index is 1060. The first-order valence-electron chi connectivity index (χ1n) is 8.56. The molecular weight excluding hydrogens is 322 g/mol. The van der Waals surface area contributed by atoms with E-state index in [0.29, 0.717) is 5.76 Å². The summed E-state index contributed by atoms with van der Waals surface area (Å²) in [7, 11) is 0. The van der Waals surface area contributed by atoms with Gasteiger partial charge >= 0.3 is 0 Å². The summed E-state index contributed by atoms with van der Waals surface area (Å²) in [5.74, 6) is 0.933. The van der Waals surface area contributed by atoms with Crippen molar-refractivity contribution in [3.8, 4) is 39.5 Å². The predicted molar refractivity (Wildman–Crippen MR) is 104 cm³/mol. The molecule has 0 spiro atoms. The summed E-state index contributed by atoms with van der Waals surface area (Å²) in [6.07, 6.45) is 0. The highest BCUT2D eigenvalue weighted by atomic mass is 16.5. The Balaban J connectivity index is 2.01. The lowest BCUT2D eigenvalue weighted by molar-refractivity contribution is 0.435. The van der Waals surface area contributed by atoms with E-state index in [1.54, 1.807) is 12.1 Å². The van der Waals surface area contributed by atoms with Crippen LogP contribution >= 0.6 is 0 Å². The van der Waals surface area contributed by atoms with Crippen LogP contribution in [-0.4, -0.2) is 10.3 Å². The number of aromatic nitrogens is 1. The maximum Gasteiger partial charge on any atom is 0.175 e. The van der Waals surface area contributed by atoms with Gasteiger partial charge in [0, 0.05) is 11.1 Å². The van der Waals surface area contributed by atoms with Crippen LogP contribution in [0, 0.1) is 13.8 Å². The molecule has 0 fully saturated rings. The Morgan fingerprint density at radius 3 is 1.92 bits per heavy atom. The number of hydrogen-bond donors (Lipinski definition) is 1. The highest BCUT2D eigenvalue weighted by Crippen LogP contribution is 2.42. The van der Waals surface area contributed by atoms with Crippen molar-refractivity contribution >= 4 is 0 Å². The van der Waals surface area contributed by atoms with E-state index in [2.05, 4.69) is 43.3 Å². The number of benzene rings is 3. The van der Waals surface area contributed by atoms with Gasteiger partial charge in [-0.2, -0.15) is 0 Å². The average molecular weight is 341 g/mol. The van der Waals surface area contributed by atoms with Gasteiger partial charge in [0.1, 0.15) is 11.4 Å². The fourth-order valence-corrected chi connectivity index (χ4v) is 3.23. The van der Waals surface area contributed by atoms with Crippen molar-refractivity contribution in [1.82, 2.24) is 5.16 Å². The highest BCUT2D eigenvalue weighted by molar-refractivity contribution is 5.92. The molecule has 0 aliphatic rings. The van der Waals surface area contributed by atoms with Crippen molar-refractivity contribution in [2.45, 2.75) is 13.8 Å². The second kappa shape index (κ2) is 6.52.